The number of carbonyl (C=O) groups is 2. The van der Waals surface area contributed by atoms with Crippen LogP contribution in [0.5, 0.6) is 0 Å². The van der Waals surface area contributed by atoms with E-state index in [9.17, 15) is 9.59 Å². The van der Waals surface area contributed by atoms with Crippen LogP contribution in [0.15, 0.2) is 73.1 Å². The number of esters is 1. The minimum absolute atomic E-state index is 0.288. The summed E-state index contributed by atoms with van der Waals surface area (Å²) in [4.78, 5) is 33.5. The number of benzene rings is 2. The maximum absolute atomic E-state index is 13.2. The fourth-order valence-electron chi connectivity index (χ4n) is 4.10. The van der Waals surface area contributed by atoms with Gasteiger partial charge >= 0.3 is 5.97 Å². The number of hydrogen-bond donors (Lipinski definition) is 0. The van der Waals surface area contributed by atoms with Gasteiger partial charge in [-0.15, -0.1) is 11.3 Å². The van der Waals surface area contributed by atoms with E-state index in [-0.39, 0.29) is 12.5 Å². The summed E-state index contributed by atoms with van der Waals surface area (Å²) in [5.74, 6) is -0.814. The summed E-state index contributed by atoms with van der Waals surface area (Å²) in [6.07, 6.45) is 7.84. The van der Waals surface area contributed by atoms with Gasteiger partial charge in [-0.3, -0.25) is 14.4 Å². The second-order valence-electron chi connectivity index (χ2n) is 8.52. The molecule has 4 aromatic rings. The van der Waals surface area contributed by atoms with Gasteiger partial charge in [0, 0.05) is 17.3 Å². The van der Waals surface area contributed by atoms with Crippen molar-refractivity contribution in [2.24, 2.45) is 0 Å². The summed E-state index contributed by atoms with van der Waals surface area (Å²) in [6.45, 7) is 0.656. The summed E-state index contributed by atoms with van der Waals surface area (Å²) in [7, 11) is 0. The van der Waals surface area contributed by atoms with Crippen LogP contribution < -0.4 is 4.90 Å². The molecule has 0 unspecified atom stereocenters. The third-order valence-corrected chi connectivity index (χ3v) is 7.15. The molecule has 35 heavy (non-hydrogen) atoms. The SMILES string of the molecule is O=C(OCC(=O)N(Cc1ccccc1)c1nc2c(s1)CCCC2)c1ccc(Cn2cccn2)cc1. The van der Waals surface area contributed by atoms with Gasteiger partial charge in [-0.2, -0.15) is 5.10 Å². The van der Waals surface area contributed by atoms with Crippen LogP contribution in [0.4, 0.5) is 5.13 Å². The molecule has 1 aliphatic carbocycles. The lowest BCUT2D eigenvalue weighted by molar-refractivity contribution is -0.121. The molecule has 1 aliphatic rings. The summed E-state index contributed by atoms with van der Waals surface area (Å²) in [6, 6.07) is 18.8. The van der Waals surface area contributed by atoms with Gasteiger partial charge in [-0.05, 0) is 55.0 Å². The van der Waals surface area contributed by atoms with Crippen LogP contribution in [0.2, 0.25) is 0 Å². The maximum atomic E-state index is 13.2. The van der Waals surface area contributed by atoms with Crippen molar-refractivity contribution in [3.05, 3.63) is 100 Å². The number of anilines is 1. The normalized spacial score (nSPS) is 12.7. The van der Waals surface area contributed by atoms with Crippen molar-refractivity contribution in [1.29, 1.82) is 0 Å². The van der Waals surface area contributed by atoms with Crippen molar-refractivity contribution in [2.45, 2.75) is 38.8 Å². The number of ether oxygens (including phenoxy) is 1. The minimum Gasteiger partial charge on any atom is -0.452 e. The molecule has 0 atom stereocenters. The minimum atomic E-state index is -0.526. The van der Waals surface area contributed by atoms with E-state index in [4.69, 9.17) is 9.72 Å². The summed E-state index contributed by atoms with van der Waals surface area (Å²) < 4.78 is 7.22. The number of amides is 1. The third-order valence-electron chi connectivity index (χ3n) is 5.97. The first-order chi connectivity index (χ1) is 17.2. The average Bonchev–Trinajstić information content (AvgIpc) is 3.56. The number of thiazole rings is 1. The van der Waals surface area contributed by atoms with Crippen LogP contribution in [0.3, 0.4) is 0 Å². The van der Waals surface area contributed by atoms with E-state index in [1.165, 1.54) is 4.88 Å². The highest BCUT2D eigenvalue weighted by Crippen LogP contribution is 2.32. The molecule has 0 saturated heterocycles. The van der Waals surface area contributed by atoms with E-state index in [1.54, 1.807) is 34.6 Å². The van der Waals surface area contributed by atoms with E-state index in [2.05, 4.69) is 5.10 Å². The quantitative estimate of drug-likeness (QED) is 0.339. The first kappa shape index (κ1) is 23.0. The Bertz CT molecular complexity index is 1260. The molecule has 2 heterocycles. The maximum Gasteiger partial charge on any atom is 0.338 e. The summed E-state index contributed by atoms with van der Waals surface area (Å²) >= 11 is 1.57. The average molecular weight is 487 g/mol. The number of aromatic nitrogens is 3. The van der Waals surface area contributed by atoms with Gasteiger partial charge < -0.3 is 4.74 Å². The molecule has 178 valence electrons. The second kappa shape index (κ2) is 10.7. The number of rotatable bonds is 8. The van der Waals surface area contributed by atoms with Gasteiger partial charge in [0.1, 0.15) is 0 Å². The van der Waals surface area contributed by atoms with E-state index in [0.717, 1.165) is 42.5 Å². The highest BCUT2D eigenvalue weighted by molar-refractivity contribution is 7.15. The zero-order chi connectivity index (χ0) is 24.0. The molecule has 7 nitrogen and oxygen atoms in total. The highest BCUT2D eigenvalue weighted by atomic mass is 32.1. The predicted molar refractivity (Wildman–Crippen MR) is 134 cm³/mol. The molecule has 8 heteroatoms. The van der Waals surface area contributed by atoms with Crippen molar-refractivity contribution in [2.75, 3.05) is 11.5 Å². The lowest BCUT2D eigenvalue weighted by Gasteiger charge is -2.20. The zero-order valence-corrected chi connectivity index (χ0v) is 20.1. The molecule has 2 aromatic heterocycles. The topological polar surface area (TPSA) is 77.3 Å². The molecule has 0 radical (unpaired) electrons. The van der Waals surface area contributed by atoms with Crippen molar-refractivity contribution in [3.8, 4) is 0 Å². The van der Waals surface area contributed by atoms with Crippen molar-refractivity contribution in [3.63, 3.8) is 0 Å². The Morgan fingerprint density at radius 2 is 1.77 bits per heavy atom. The predicted octanol–water partition coefficient (Wildman–Crippen LogP) is 4.66. The number of nitrogens with zero attached hydrogens (tertiary/aromatic N) is 4. The lowest BCUT2D eigenvalue weighted by atomic mass is 10.0. The molecule has 0 spiro atoms. The van der Waals surface area contributed by atoms with Gasteiger partial charge in [0.2, 0.25) is 0 Å². The van der Waals surface area contributed by atoms with Gasteiger partial charge in [-0.1, -0.05) is 42.5 Å². The Labute approximate surface area is 208 Å². The van der Waals surface area contributed by atoms with Crippen molar-refractivity contribution >= 4 is 28.3 Å². The van der Waals surface area contributed by atoms with E-state index in [0.29, 0.717) is 23.8 Å². The Balaban J connectivity index is 1.26. The molecular formula is C27H26N4O3S. The number of hydrogen-bond acceptors (Lipinski definition) is 6. The molecule has 0 N–H and O–H groups in total. The van der Waals surface area contributed by atoms with Gasteiger partial charge in [0.05, 0.1) is 24.3 Å². The van der Waals surface area contributed by atoms with Gasteiger partial charge in [-0.25, -0.2) is 9.78 Å². The first-order valence-electron chi connectivity index (χ1n) is 11.7. The Kier molecular flexibility index (Phi) is 6.99. The van der Waals surface area contributed by atoms with Crippen LogP contribution in [0.25, 0.3) is 0 Å². The standard InChI is InChI=1S/C27H26N4O3S/c32-25(19-34-26(33)22-13-11-21(12-14-22)17-30-16-6-15-28-30)31(18-20-7-2-1-3-8-20)27-29-23-9-4-5-10-24(23)35-27/h1-3,6-8,11-16H,4-5,9-10,17-19H2. The monoisotopic (exact) mass is 486 g/mol. The molecule has 0 fully saturated rings. The van der Waals surface area contributed by atoms with Crippen molar-refractivity contribution in [1.82, 2.24) is 14.8 Å². The summed E-state index contributed by atoms with van der Waals surface area (Å²) in [5, 5.41) is 4.86. The van der Waals surface area contributed by atoms with E-state index >= 15 is 0 Å². The fraction of sp³-hybridized carbons (Fsp3) is 0.259. The number of carbonyl (C=O) groups excluding carboxylic acids is 2. The van der Waals surface area contributed by atoms with E-state index < -0.39 is 5.97 Å². The largest absolute Gasteiger partial charge is 0.452 e. The molecule has 1 amide bonds. The Hall–Kier alpha value is -3.78. The van der Waals surface area contributed by atoms with Gasteiger partial charge in [0.25, 0.3) is 5.91 Å². The second-order valence-corrected chi connectivity index (χ2v) is 9.58. The molecule has 0 aliphatic heterocycles. The van der Waals surface area contributed by atoms with Crippen LogP contribution >= 0.6 is 11.3 Å². The van der Waals surface area contributed by atoms with Crippen LogP contribution in [-0.4, -0.2) is 33.2 Å². The Morgan fingerprint density at radius 3 is 2.51 bits per heavy atom. The molecule has 0 saturated carbocycles. The van der Waals surface area contributed by atoms with Crippen LogP contribution in [0.1, 0.15) is 44.9 Å². The molecule has 0 bridgehead atoms. The fourth-order valence-corrected chi connectivity index (χ4v) is 5.26. The van der Waals surface area contributed by atoms with Crippen molar-refractivity contribution < 1.29 is 14.3 Å². The Morgan fingerprint density at radius 1 is 0.971 bits per heavy atom. The molecule has 2 aromatic carbocycles. The molecule has 5 rings (SSSR count). The smallest absolute Gasteiger partial charge is 0.338 e. The highest BCUT2D eigenvalue weighted by Gasteiger charge is 2.24. The molecular weight excluding hydrogens is 460 g/mol. The van der Waals surface area contributed by atoms with Gasteiger partial charge in [0.15, 0.2) is 11.7 Å². The first-order valence-corrected chi connectivity index (χ1v) is 12.5. The zero-order valence-electron chi connectivity index (χ0n) is 19.3. The third kappa shape index (κ3) is 5.66. The number of aryl methyl sites for hydroxylation is 2. The number of fused-ring (bicyclic) bond motifs is 1. The lowest BCUT2D eigenvalue weighted by Crippen LogP contribution is -2.34. The van der Waals surface area contributed by atoms with E-state index in [1.807, 2.05) is 59.4 Å². The summed E-state index contributed by atoms with van der Waals surface area (Å²) in [5.41, 5.74) is 3.51. The van der Waals surface area contributed by atoms with Crippen LogP contribution in [0, 0.1) is 0 Å². The van der Waals surface area contributed by atoms with Crippen LogP contribution in [-0.2, 0) is 35.5 Å².